The van der Waals surface area contributed by atoms with E-state index in [1.165, 1.54) is 4.31 Å². The molecule has 0 radical (unpaired) electrons. The van der Waals surface area contributed by atoms with E-state index in [-0.39, 0.29) is 11.4 Å². The predicted octanol–water partition coefficient (Wildman–Crippen LogP) is 0.325. The molecule has 0 aliphatic carbocycles. The van der Waals surface area contributed by atoms with Crippen molar-refractivity contribution in [2.75, 3.05) is 13.1 Å². The van der Waals surface area contributed by atoms with Gasteiger partial charge in [-0.15, -0.1) is 0 Å². The molecule has 0 saturated carbocycles. The van der Waals surface area contributed by atoms with Crippen molar-refractivity contribution in [1.82, 2.24) is 9.29 Å². The van der Waals surface area contributed by atoms with Gasteiger partial charge in [0, 0.05) is 25.8 Å². The molecule has 0 atom stereocenters. The Morgan fingerprint density at radius 2 is 2.06 bits per heavy atom. The van der Waals surface area contributed by atoms with Gasteiger partial charge in [0.1, 0.15) is 4.90 Å². The van der Waals surface area contributed by atoms with E-state index in [1.54, 1.807) is 18.3 Å². The molecule has 2 rings (SSSR count). The summed E-state index contributed by atoms with van der Waals surface area (Å²) in [6, 6.07) is 3.20. The molecule has 16 heavy (non-hydrogen) atoms. The summed E-state index contributed by atoms with van der Waals surface area (Å²) in [5.74, 6) is 0. The Balaban J connectivity index is 2.42. The van der Waals surface area contributed by atoms with E-state index in [0.717, 1.165) is 12.8 Å². The predicted molar refractivity (Wildman–Crippen MR) is 60.1 cm³/mol. The molecule has 0 aromatic carbocycles. The van der Waals surface area contributed by atoms with E-state index in [9.17, 15) is 8.42 Å². The van der Waals surface area contributed by atoms with Crippen LogP contribution < -0.4 is 5.73 Å². The fourth-order valence-electron chi connectivity index (χ4n) is 1.88. The van der Waals surface area contributed by atoms with Crippen LogP contribution in [0.5, 0.6) is 0 Å². The molecule has 1 aliphatic rings. The summed E-state index contributed by atoms with van der Waals surface area (Å²) in [7, 11) is -3.39. The van der Waals surface area contributed by atoms with Crippen molar-refractivity contribution in [3.05, 3.63) is 24.0 Å². The monoisotopic (exact) mass is 241 g/mol. The first-order chi connectivity index (χ1) is 7.66. The fourth-order valence-corrected chi connectivity index (χ4v) is 3.58. The summed E-state index contributed by atoms with van der Waals surface area (Å²) in [6.45, 7) is 1.34. The first kappa shape index (κ1) is 11.5. The lowest BCUT2D eigenvalue weighted by Gasteiger charge is -2.16. The van der Waals surface area contributed by atoms with Gasteiger partial charge in [-0.05, 0) is 25.0 Å². The molecule has 0 amide bonds. The molecule has 1 aromatic rings. The molecule has 6 heteroatoms. The summed E-state index contributed by atoms with van der Waals surface area (Å²) in [5.41, 5.74) is 5.94. The summed E-state index contributed by atoms with van der Waals surface area (Å²) >= 11 is 0. The van der Waals surface area contributed by atoms with Crippen LogP contribution in [0.4, 0.5) is 0 Å². The van der Waals surface area contributed by atoms with Crippen molar-refractivity contribution in [2.24, 2.45) is 5.73 Å². The maximum atomic E-state index is 12.2. The van der Waals surface area contributed by atoms with E-state index in [1.807, 2.05) is 0 Å². The highest BCUT2D eigenvalue weighted by atomic mass is 32.2. The molecule has 0 bridgehead atoms. The van der Waals surface area contributed by atoms with Crippen LogP contribution >= 0.6 is 0 Å². The minimum Gasteiger partial charge on any atom is -0.325 e. The molecule has 0 unspecified atom stereocenters. The van der Waals surface area contributed by atoms with Crippen molar-refractivity contribution < 1.29 is 8.42 Å². The van der Waals surface area contributed by atoms with E-state index >= 15 is 0 Å². The largest absolute Gasteiger partial charge is 0.325 e. The molecule has 1 fully saturated rings. The SMILES string of the molecule is NCc1ncccc1S(=O)(=O)N1CCCC1. The van der Waals surface area contributed by atoms with Crippen molar-refractivity contribution in [2.45, 2.75) is 24.3 Å². The van der Waals surface area contributed by atoms with E-state index in [2.05, 4.69) is 4.98 Å². The molecule has 0 spiro atoms. The normalized spacial score (nSPS) is 17.8. The Morgan fingerprint density at radius 1 is 1.38 bits per heavy atom. The van der Waals surface area contributed by atoms with Gasteiger partial charge in [-0.2, -0.15) is 4.31 Å². The lowest BCUT2D eigenvalue weighted by atomic mass is 10.3. The zero-order valence-electron chi connectivity index (χ0n) is 8.96. The molecular formula is C10H15N3O2S. The van der Waals surface area contributed by atoms with Crippen LogP contribution in [0.3, 0.4) is 0 Å². The molecule has 5 nitrogen and oxygen atoms in total. The van der Waals surface area contributed by atoms with Gasteiger partial charge >= 0.3 is 0 Å². The van der Waals surface area contributed by atoms with E-state index in [0.29, 0.717) is 18.8 Å². The zero-order chi connectivity index (χ0) is 11.6. The first-order valence-electron chi connectivity index (χ1n) is 5.30. The minimum absolute atomic E-state index is 0.142. The number of rotatable bonds is 3. The summed E-state index contributed by atoms with van der Waals surface area (Å²) in [6.07, 6.45) is 3.42. The maximum absolute atomic E-state index is 12.2. The Morgan fingerprint density at radius 3 is 2.69 bits per heavy atom. The lowest BCUT2D eigenvalue weighted by Crippen LogP contribution is -2.29. The number of hydrogen-bond acceptors (Lipinski definition) is 4. The van der Waals surface area contributed by atoms with Gasteiger partial charge < -0.3 is 5.73 Å². The number of pyridine rings is 1. The fraction of sp³-hybridized carbons (Fsp3) is 0.500. The Hall–Kier alpha value is -0.980. The Kier molecular flexibility index (Phi) is 3.22. The second-order valence-electron chi connectivity index (χ2n) is 3.76. The van der Waals surface area contributed by atoms with Crippen LogP contribution in [-0.4, -0.2) is 30.8 Å². The highest BCUT2D eigenvalue weighted by molar-refractivity contribution is 7.89. The first-order valence-corrected chi connectivity index (χ1v) is 6.74. The van der Waals surface area contributed by atoms with Crippen molar-refractivity contribution >= 4 is 10.0 Å². The highest BCUT2D eigenvalue weighted by Crippen LogP contribution is 2.22. The molecule has 1 saturated heterocycles. The van der Waals surface area contributed by atoms with E-state index < -0.39 is 10.0 Å². The van der Waals surface area contributed by atoms with Gasteiger partial charge in [0.25, 0.3) is 0 Å². The third-order valence-electron chi connectivity index (χ3n) is 2.72. The van der Waals surface area contributed by atoms with Crippen LogP contribution in [-0.2, 0) is 16.6 Å². The average Bonchev–Trinajstić information content (AvgIpc) is 2.83. The van der Waals surface area contributed by atoms with E-state index in [4.69, 9.17) is 5.73 Å². The molecular weight excluding hydrogens is 226 g/mol. The number of hydrogen-bond donors (Lipinski definition) is 1. The van der Waals surface area contributed by atoms with Crippen LogP contribution in [0.15, 0.2) is 23.2 Å². The highest BCUT2D eigenvalue weighted by Gasteiger charge is 2.29. The molecule has 88 valence electrons. The minimum atomic E-state index is -3.39. The summed E-state index contributed by atoms with van der Waals surface area (Å²) in [4.78, 5) is 4.25. The standard InChI is InChI=1S/C10H15N3O2S/c11-8-9-10(4-3-5-12-9)16(14,15)13-6-1-2-7-13/h3-5H,1-2,6-8,11H2. The number of sulfonamides is 1. The van der Waals surface area contributed by atoms with Crippen LogP contribution in [0, 0.1) is 0 Å². The van der Waals surface area contributed by atoms with Crippen molar-refractivity contribution in [3.63, 3.8) is 0 Å². The van der Waals surface area contributed by atoms with Crippen LogP contribution in [0.2, 0.25) is 0 Å². The summed E-state index contributed by atoms with van der Waals surface area (Å²) in [5, 5.41) is 0. The number of nitrogens with zero attached hydrogens (tertiary/aromatic N) is 2. The molecule has 1 aliphatic heterocycles. The maximum Gasteiger partial charge on any atom is 0.244 e. The van der Waals surface area contributed by atoms with Crippen LogP contribution in [0.1, 0.15) is 18.5 Å². The quantitative estimate of drug-likeness (QED) is 0.827. The van der Waals surface area contributed by atoms with Crippen molar-refractivity contribution in [1.29, 1.82) is 0 Å². The smallest absolute Gasteiger partial charge is 0.244 e. The van der Waals surface area contributed by atoms with Crippen LogP contribution in [0.25, 0.3) is 0 Å². The Bertz CT molecular complexity index is 467. The second-order valence-corrected chi connectivity index (χ2v) is 5.67. The molecule has 1 aromatic heterocycles. The van der Waals surface area contributed by atoms with Gasteiger partial charge in [-0.25, -0.2) is 8.42 Å². The van der Waals surface area contributed by atoms with Gasteiger partial charge in [-0.1, -0.05) is 0 Å². The molecule has 2 N–H and O–H groups in total. The number of nitrogens with two attached hydrogens (primary N) is 1. The Labute approximate surface area is 95.3 Å². The average molecular weight is 241 g/mol. The van der Waals surface area contributed by atoms with Gasteiger partial charge in [0.15, 0.2) is 0 Å². The van der Waals surface area contributed by atoms with Gasteiger partial charge in [0.05, 0.1) is 5.69 Å². The zero-order valence-corrected chi connectivity index (χ0v) is 9.78. The van der Waals surface area contributed by atoms with Crippen molar-refractivity contribution in [3.8, 4) is 0 Å². The topological polar surface area (TPSA) is 76.3 Å². The van der Waals surface area contributed by atoms with Gasteiger partial charge in [0.2, 0.25) is 10.0 Å². The lowest BCUT2D eigenvalue weighted by molar-refractivity contribution is 0.476. The second kappa shape index (κ2) is 4.48. The molecule has 2 heterocycles. The number of aromatic nitrogens is 1. The van der Waals surface area contributed by atoms with Gasteiger partial charge in [-0.3, -0.25) is 4.98 Å². The third kappa shape index (κ3) is 1.95. The third-order valence-corrected chi connectivity index (χ3v) is 4.70. The summed E-state index contributed by atoms with van der Waals surface area (Å²) < 4.78 is 26.0.